The molecule has 0 aliphatic carbocycles. The van der Waals surface area contributed by atoms with Crippen LogP contribution in [0.15, 0.2) is 67.0 Å². The van der Waals surface area contributed by atoms with E-state index >= 15 is 0 Å². The highest BCUT2D eigenvalue weighted by atomic mass is 19.1. The van der Waals surface area contributed by atoms with Crippen molar-refractivity contribution in [2.45, 2.75) is 19.3 Å². The van der Waals surface area contributed by atoms with Gasteiger partial charge in [-0.1, -0.05) is 25.1 Å². The van der Waals surface area contributed by atoms with E-state index in [1.165, 1.54) is 19.2 Å². The Morgan fingerprint density at radius 1 is 1.13 bits per heavy atom. The smallest absolute Gasteiger partial charge is 0.267 e. The van der Waals surface area contributed by atoms with Gasteiger partial charge < -0.3 is 10.5 Å². The molecule has 31 heavy (non-hydrogen) atoms. The molecule has 0 bridgehead atoms. The Hall–Kier alpha value is -3.80. The molecule has 0 radical (unpaired) electrons. The third-order valence-electron chi connectivity index (χ3n) is 5.39. The van der Waals surface area contributed by atoms with Crippen molar-refractivity contribution >= 4 is 16.8 Å². The van der Waals surface area contributed by atoms with E-state index in [9.17, 15) is 9.18 Å². The van der Waals surface area contributed by atoms with Crippen molar-refractivity contribution in [2.24, 2.45) is 5.73 Å². The highest BCUT2D eigenvalue weighted by molar-refractivity contribution is 6.01. The van der Waals surface area contributed by atoms with Crippen molar-refractivity contribution in [1.29, 1.82) is 0 Å². The lowest BCUT2D eigenvalue weighted by molar-refractivity contribution is 0.0996. The molecule has 2 heterocycles. The topological polar surface area (TPSA) is 78.1 Å². The molecule has 6 heteroatoms. The predicted octanol–water partition coefficient (Wildman–Crippen LogP) is 4.89. The minimum absolute atomic E-state index is 0.0924. The van der Waals surface area contributed by atoms with Gasteiger partial charge in [-0.15, -0.1) is 0 Å². The van der Waals surface area contributed by atoms with Gasteiger partial charge >= 0.3 is 0 Å². The number of aromatic nitrogens is 2. The Bertz CT molecular complexity index is 1260. The van der Waals surface area contributed by atoms with Crippen LogP contribution >= 0.6 is 0 Å². The lowest BCUT2D eigenvalue weighted by Crippen LogP contribution is -2.13. The lowest BCUT2D eigenvalue weighted by Gasteiger charge is -2.15. The van der Waals surface area contributed by atoms with Crippen LogP contribution in [0.1, 0.15) is 34.5 Å². The number of halogens is 1. The van der Waals surface area contributed by atoms with E-state index in [0.29, 0.717) is 22.4 Å². The van der Waals surface area contributed by atoms with Crippen LogP contribution in [-0.2, 0) is 6.42 Å². The quantitative estimate of drug-likeness (QED) is 0.486. The summed E-state index contributed by atoms with van der Waals surface area (Å²) in [5.41, 5.74) is 9.31. The van der Waals surface area contributed by atoms with Gasteiger partial charge in [0.05, 0.1) is 12.6 Å². The van der Waals surface area contributed by atoms with Crippen LogP contribution in [0, 0.1) is 5.82 Å². The zero-order chi connectivity index (χ0) is 22.0. The SMILES string of the molecule is COc1ccc(-c2cc(C(N)=O)nc3cc(C(C)Cc4cccnc4)ccc23)c(F)c1. The van der Waals surface area contributed by atoms with Gasteiger partial charge in [-0.05, 0) is 59.4 Å². The molecule has 0 aliphatic rings. The largest absolute Gasteiger partial charge is 0.497 e. The molecule has 1 unspecified atom stereocenters. The number of pyridine rings is 2. The monoisotopic (exact) mass is 415 g/mol. The van der Waals surface area contributed by atoms with E-state index in [4.69, 9.17) is 10.5 Å². The number of rotatable bonds is 6. The standard InChI is InChI=1S/C25H22FN3O2/c1-15(10-16-4-3-9-28-14-16)17-5-7-20-21(13-24(25(27)30)29-23(20)11-17)19-8-6-18(31-2)12-22(19)26/h3-9,11-15H,10H2,1-2H3,(H2,27,30). The Labute approximate surface area is 179 Å². The summed E-state index contributed by atoms with van der Waals surface area (Å²) in [6.45, 7) is 2.12. The number of fused-ring (bicyclic) bond motifs is 1. The third-order valence-corrected chi connectivity index (χ3v) is 5.39. The number of nitrogens with zero attached hydrogens (tertiary/aromatic N) is 2. The van der Waals surface area contributed by atoms with Crippen molar-refractivity contribution in [2.75, 3.05) is 7.11 Å². The van der Waals surface area contributed by atoms with Crippen LogP contribution in [0.3, 0.4) is 0 Å². The van der Waals surface area contributed by atoms with Gasteiger partial charge in [0.25, 0.3) is 5.91 Å². The summed E-state index contributed by atoms with van der Waals surface area (Å²) in [6, 6.07) is 16.0. The van der Waals surface area contributed by atoms with E-state index in [1.54, 1.807) is 18.3 Å². The average molecular weight is 415 g/mol. The maximum Gasteiger partial charge on any atom is 0.267 e. The fourth-order valence-corrected chi connectivity index (χ4v) is 3.73. The second-order valence-corrected chi connectivity index (χ2v) is 7.51. The number of amides is 1. The van der Waals surface area contributed by atoms with Crippen molar-refractivity contribution in [1.82, 2.24) is 9.97 Å². The number of methoxy groups -OCH3 is 1. The van der Waals surface area contributed by atoms with Crippen molar-refractivity contribution in [3.63, 3.8) is 0 Å². The summed E-state index contributed by atoms with van der Waals surface area (Å²) in [5.74, 6) is -0.489. The van der Waals surface area contributed by atoms with Gasteiger partial charge in [0.2, 0.25) is 0 Å². The van der Waals surface area contributed by atoms with Gasteiger partial charge in [0, 0.05) is 29.4 Å². The molecule has 1 amide bonds. The van der Waals surface area contributed by atoms with Crippen molar-refractivity contribution in [3.8, 4) is 16.9 Å². The number of nitrogens with two attached hydrogens (primary N) is 1. The predicted molar refractivity (Wildman–Crippen MR) is 119 cm³/mol. The minimum Gasteiger partial charge on any atom is -0.497 e. The molecule has 0 spiro atoms. The molecule has 4 aromatic rings. The zero-order valence-corrected chi connectivity index (χ0v) is 17.3. The second-order valence-electron chi connectivity index (χ2n) is 7.51. The van der Waals surface area contributed by atoms with E-state index in [2.05, 4.69) is 16.9 Å². The van der Waals surface area contributed by atoms with Crippen LogP contribution in [0.25, 0.3) is 22.0 Å². The van der Waals surface area contributed by atoms with Gasteiger partial charge in [0.1, 0.15) is 17.3 Å². The van der Waals surface area contributed by atoms with E-state index < -0.39 is 11.7 Å². The molecule has 0 fully saturated rings. The first-order valence-corrected chi connectivity index (χ1v) is 9.93. The molecule has 0 saturated carbocycles. The molecule has 2 N–H and O–H groups in total. The molecule has 2 aromatic heterocycles. The average Bonchev–Trinajstić information content (AvgIpc) is 2.78. The molecule has 1 atom stereocenters. The molecule has 0 saturated heterocycles. The number of carbonyl (C=O) groups excluding carboxylic acids is 1. The summed E-state index contributed by atoms with van der Waals surface area (Å²) in [5, 5.41) is 0.742. The lowest BCUT2D eigenvalue weighted by atomic mass is 9.92. The summed E-state index contributed by atoms with van der Waals surface area (Å²) in [7, 11) is 1.48. The molecule has 5 nitrogen and oxygen atoms in total. The third kappa shape index (κ3) is 4.23. The summed E-state index contributed by atoms with van der Waals surface area (Å²) >= 11 is 0. The first kappa shape index (κ1) is 20.5. The minimum atomic E-state index is -0.661. The fourth-order valence-electron chi connectivity index (χ4n) is 3.73. The Morgan fingerprint density at radius 3 is 2.65 bits per heavy atom. The van der Waals surface area contributed by atoms with Crippen molar-refractivity contribution < 1.29 is 13.9 Å². The maximum atomic E-state index is 14.8. The van der Waals surface area contributed by atoms with E-state index in [0.717, 1.165) is 22.9 Å². The molecular formula is C25H22FN3O2. The second kappa shape index (κ2) is 8.52. The number of hydrogen-bond acceptors (Lipinski definition) is 4. The van der Waals surface area contributed by atoms with Crippen molar-refractivity contribution in [3.05, 3.63) is 89.6 Å². The Morgan fingerprint density at radius 2 is 1.97 bits per heavy atom. The van der Waals surface area contributed by atoms with Crippen LogP contribution in [0.4, 0.5) is 4.39 Å². The molecule has 156 valence electrons. The molecule has 2 aromatic carbocycles. The van der Waals surface area contributed by atoms with E-state index in [-0.39, 0.29) is 11.6 Å². The molecular weight excluding hydrogens is 393 g/mol. The van der Waals surface area contributed by atoms with Crippen LogP contribution in [-0.4, -0.2) is 23.0 Å². The summed E-state index contributed by atoms with van der Waals surface area (Å²) < 4.78 is 19.9. The number of carbonyl (C=O) groups is 1. The number of ether oxygens (including phenoxy) is 1. The van der Waals surface area contributed by atoms with Gasteiger partial charge in [-0.2, -0.15) is 0 Å². The van der Waals surface area contributed by atoms with Crippen LogP contribution < -0.4 is 10.5 Å². The van der Waals surface area contributed by atoms with Crippen LogP contribution in [0.5, 0.6) is 5.75 Å². The fraction of sp³-hybridized carbons (Fsp3) is 0.160. The summed E-state index contributed by atoms with van der Waals surface area (Å²) in [4.78, 5) is 20.5. The highest BCUT2D eigenvalue weighted by Crippen LogP contribution is 2.34. The molecule has 0 aliphatic heterocycles. The first-order valence-electron chi connectivity index (χ1n) is 9.93. The van der Waals surface area contributed by atoms with Gasteiger partial charge in [-0.3, -0.25) is 9.78 Å². The summed E-state index contributed by atoms with van der Waals surface area (Å²) in [6.07, 6.45) is 4.42. The maximum absolute atomic E-state index is 14.8. The zero-order valence-electron chi connectivity index (χ0n) is 17.3. The number of hydrogen-bond donors (Lipinski definition) is 1. The molecule has 4 rings (SSSR count). The van der Waals surface area contributed by atoms with Gasteiger partial charge in [-0.25, -0.2) is 9.37 Å². The van der Waals surface area contributed by atoms with Crippen LogP contribution in [0.2, 0.25) is 0 Å². The Balaban J connectivity index is 1.81. The number of benzene rings is 2. The van der Waals surface area contributed by atoms with Gasteiger partial charge in [0.15, 0.2) is 0 Å². The Kier molecular flexibility index (Phi) is 5.62. The first-order chi connectivity index (χ1) is 15.0. The highest BCUT2D eigenvalue weighted by Gasteiger charge is 2.16. The normalized spacial score (nSPS) is 12.0. The van der Waals surface area contributed by atoms with E-state index in [1.807, 2.05) is 36.5 Å². The number of primary amides is 1.